The van der Waals surface area contributed by atoms with Gasteiger partial charge < -0.3 is 39.3 Å². The third-order valence-electron chi connectivity index (χ3n) is 5.15. The molecule has 12 nitrogen and oxygen atoms in total. The van der Waals surface area contributed by atoms with Crippen LogP contribution >= 0.6 is 0 Å². The lowest BCUT2D eigenvalue weighted by Gasteiger charge is -2.25. The van der Waals surface area contributed by atoms with Crippen LogP contribution in [0.4, 0.5) is 14.4 Å². The second-order valence-corrected chi connectivity index (χ2v) is 9.02. The lowest BCUT2D eigenvalue weighted by atomic mass is 9.87. The molecule has 3 atom stereocenters. The molecule has 0 saturated carbocycles. The Morgan fingerprint density at radius 3 is 1.92 bits per heavy atom. The molecule has 1 rings (SSSR count). The minimum Gasteiger partial charge on any atom is -0.480 e. The summed E-state index contributed by atoms with van der Waals surface area (Å²) in [5.41, 5.74) is 6.30. The second-order valence-electron chi connectivity index (χ2n) is 9.02. The molecule has 0 heterocycles. The molecule has 0 saturated heterocycles. The van der Waals surface area contributed by atoms with Gasteiger partial charge in [0.15, 0.2) is 11.5 Å². The monoisotopic (exact) mass is 541 g/mol. The predicted octanol–water partition coefficient (Wildman–Crippen LogP) is 5.01. The van der Waals surface area contributed by atoms with Crippen LogP contribution in [0.1, 0.15) is 71.8 Å². The second kappa shape index (κ2) is 17.1. The first-order chi connectivity index (χ1) is 18.0. The molecule has 0 bridgehead atoms. The average molecular weight is 542 g/mol. The zero-order valence-electron chi connectivity index (χ0n) is 22.6. The van der Waals surface area contributed by atoms with Crippen molar-refractivity contribution in [2.24, 2.45) is 11.7 Å². The van der Waals surface area contributed by atoms with E-state index < -0.39 is 42.5 Å². The first kappa shape index (κ1) is 32.5. The Hall–Kier alpha value is -3.54. The van der Waals surface area contributed by atoms with Crippen molar-refractivity contribution < 1.29 is 52.7 Å². The number of carbonyl (C=O) groups is 4. The highest BCUT2D eigenvalue weighted by atomic mass is 16.7. The highest BCUT2D eigenvalue weighted by molar-refractivity contribution is 5.75. The number of nitrogens with two attached hydrogens (primary N) is 1. The fourth-order valence-corrected chi connectivity index (χ4v) is 3.17. The summed E-state index contributed by atoms with van der Waals surface area (Å²) in [5, 5.41) is 9.60. The van der Waals surface area contributed by atoms with Gasteiger partial charge in [-0.1, -0.05) is 33.8 Å². The molecule has 0 spiro atoms. The fourth-order valence-electron chi connectivity index (χ4n) is 3.17. The number of hydrogen-bond donors (Lipinski definition) is 2. The van der Waals surface area contributed by atoms with Gasteiger partial charge in [-0.25, -0.2) is 14.4 Å². The molecule has 2 unspecified atom stereocenters. The molecular formula is C26H39NO11. The average Bonchev–Trinajstić information content (AvgIpc) is 2.85. The number of carboxylic acids is 1. The van der Waals surface area contributed by atoms with Gasteiger partial charge in [-0.15, -0.1) is 0 Å². The molecule has 0 radical (unpaired) electrons. The van der Waals surface area contributed by atoms with E-state index in [1.54, 1.807) is 13.8 Å². The van der Waals surface area contributed by atoms with Crippen molar-refractivity contribution in [3.8, 4) is 11.5 Å². The zero-order valence-corrected chi connectivity index (χ0v) is 22.6. The van der Waals surface area contributed by atoms with Crippen LogP contribution in [-0.4, -0.2) is 61.5 Å². The van der Waals surface area contributed by atoms with E-state index >= 15 is 0 Å². The predicted molar refractivity (Wildman–Crippen MR) is 135 cm³/mol. The minimum atomic E-state index is -1.40. The summed E-state index contributed by atoms with van der Waals surface area (Å²) in [6.45, 7) is 9.57. The van der Waals surface area contributed by atoms with Crippen LogP contribution < -0.4 is 15.2 Å². The molecule has 1 aromatic rings. The molecular weight excluding hydrogens is 502 g/mol. The Bertz CT molecular complexity index is 918. The maximum atomic E-state index is 12.1. The molecule has 0 fully saturated rings. The maximum absolute atomic E-state index is 12.1. The van der Waals surface area contributed by atoms with Crippen molar-refractivity contribution in [1.82, 2.24) is 0 Å². The standard InChI is InChI=1S/C26H39NO11/c1-6-11-33-25(31)37-20-9-8-18(15-21(20)38-26(32)34-12-7-2)19(22(27)23(28)29)14-17(5)36-24(30)35-13-10-16(3)4/h8-9,15-17,19,22H,6-7,10-14,27H2,1-5H3,(H,28,29)/t17?,19?,22-/m0/s1. The lowest BCUT2D eigenvalue weighted by Crippen LogP contribution is -2.38. The molecule has 38 heavy (non-hydrogen) atoms. The van der Waals surface area contributed by atoms with E-state index in [-0.39, 0.29) is 37.7 Å². The van der Waals surface area contributed by atoms with Crippen molar-refractivity contribution in [1.29, 1.82) is 0 Å². The summed E-state index contributed by atoms with van der Waals surface area (Å²) in [5.74, 6) is -2.20. The molecule has 3 N–H and O–H groups in total. The van der Waals surface area contributed by atoms with Crippen molar-refractivity contribution >= 4 is 24.4 Å². The van der Waals surface area contributed by atoms with Gasteiger partial charge >= 0.3 is 24.4 Å². The number of ether oxygens (including phenoxy) is 6. The molecule has 214 valence electrons. The number of carbonyl (C=O) groups excluding carboxylic acids is 3. The van der Waals surface area contributed by atoms with Gasteiger partial charge in [0, 0.05) is 5.92 Å². The van der Waals surface area contributed by atoms with E-state index in [9.17, 15) is 24.3 Å². The van der Waals surface area contributed by atoms with Gasteiger partial charge in [-0.2, -0.15) is 0 Å². The van der Waals surface area contributed by atoms with Gasteiger partial charge in [0.2, 0.25) is 0 Å². The highest BCUT2D eigenvalue weighted by Gasteiger charge is 2.30. The van der Waals surface area contributed by atoms with Gasteiger partial charge in [-0.05, 0) is 56.2 Å². The van der Waals surface area contributed by atoms with E-state index in [0.29, 0.717) is 30.7 Å². The molecule has 1 aromatic carbocycles. The molecule has 12 heteroatoms. The number of benzene rings is 1. The first-order valence-corrected chi connectivity index (χ1v) is 12.6. The quantitative estimate of drug-likeness (QED) is 0.173. The van der Waals surface area contributed by atoms with Crippen LogP contribution in [0, 0.1) is 5.92 Å². The Balaban J connectivity index is 3.19. The fraction of sp³-hybridized carbons (Fsp3) is 0.615. The maximum Gasteiger partial charge on any atom is 0.513 e. The highest BCUT2D eigenvalue weighted by Crippen LogP contribution is 2.35. The van der Waals surface area contributed by atoms with Crippen LogP contribution in [0.5, 0.6) is 11.5 Å². The van der Waals surface area contributed by atoms with Gasteiger partial charge in [0.25, 0.3) is 0 Å². The smallest absolute Gasteiger partial charge is 0.480 e. The van der Waals surface area contributed by atoms with Gasteiger partial charge in [0.1, 0.15) is 12.1 Å². The zero-order chi connectivity index (χ0) is 28.7. The molecule has 0 aliphatic carbocycles. The van der Waals surface area contributed by atoms with Crippen molar-refractivity contribution in [2.45, 2.75) is 78.4 Å². The summed E-state index contributed by atoms with van der Waals surface area (Å²) in [7, 11) is 0. The Morgan fingerprint density at radius 1 is 0.842 bits per heavy atom. The number of carboxylic acid groups (broad SMARTS) is 1. The van der Waals surface area contributed by atoms with E-state index in [1.807, 2.05) is 20.8 Å². The minimum absolute atomic E-state index is 0.00517. The number of rotatable bonds is 15. The summed E-state index contributed by atoms with van der Waals surface area (Å²) in [4.78, 5) is 47.9. The van der Waals surface area contributed by atoms with E-state index in [0.717, 1.165) is 0 Å². The van der Waals surface area contributed by atoms with Crippen LogP contribution in [0.3, 0.4) is 0 Å². The summed E-state index contributed by atoms with van der Waals surface area (Å²) in [6, 6.07) is 2.70. The summed E-state index contributed by atoms with van der Waals surface area (Å²) in [6.07, 6.45) is -1.91. The van der Waals surface area contributed by atoms with Crippen LogP contribution in [0.15, 0.2) is 18.2 Å². The third-order valence-corrected chi connectivity index (χ3v) is 5.15. The van der Waals surface area contributed by atoms with Crippen LogP contribution in [0.2, 0.25) is 0 Å². The van der Waals surface area contributed by atoms with Crippen molar-refractivity contribution in [2.75, 3.05) is 19.8 Å². The molecule has 0 amide bonds. The summed E-state index contributed by atoms with van der Waals surface area (Å²) >= 11 is 0. The largest absolute Gasteiger partial charge is 0.513 e. The normalized spacial score (nSPS) is 13.1. The SMILES string of the molecule is CCCOC(=O)Oc1ccc(C(CC(C)OC(=O)OCCC(C)C)[C@H](N)C(=O)O)cc1OC(=O)OCCC. The van der Waals surface area contributed by atoms with Crippen molar-refractivity contribution in [3.05, 3.63) is 23.8 Å². The molecule has 0 aliphatic heterocycles. The number of aliphatic carboxylic acids is 1. The van der Waals surface area contributed by atoms with Crippen LogP contribution in [-0.2, 0) is 23.7 Å². The lowest BCUT2D eigenvalue weighted by molar-refractivity contribution is -0.139. The van der Waals surface area contributed by atoms with E-state index in [2.05, 4.69) is 0 Å². The van der Waals surface area contributed by atoms with Crippen molar-refractivity contribution in [3.63, 3.8) is 0 Å². The van der Waals surface area contributed by atoms with E-state index in [4.69, 9.17) is 34.2 Å². The Morgan fingerprint density at radius 2 is 1.39 bits per heavy atom. The van der Waals surface area contributed by atoms with Gasteiger partial charge in [0.05, 0.1) is 19.8 Å². The van der Waals surface area contributed by atoms with E-state index in [1.165, 1.54) is 18.2 Å². The Kier molecular flexibility index (Phi) is 14.6. The Labute approximate surface area is 222 Å². The number of hydrogen-bond acceptors (Lipinski definition) is 11. The topological polar surface area (TPSA) is 170 Å². The summed E-state index contributed by atoms with van der Waals surface area (Å²) < 4.78 is 30.6. The van der Waals surface area contributed by atoms with Crippen LogP contribution in [0.25, 0.3) is 0 Å². The van der Waals surface area contributed by atoms with Gasteiger partial charge in [-0.3, -0.25) is 4.79 Å². The first-order valence-electron chi connectivity index (χ1n) is 12.6. The molecule has 0 aliphatic rings. The third kappa shape index (κ3) is 12.1. The molecule has 0 aromatic heterocycles.